The molecule has 5 rings (SSSR count). The van der Waals surface area contributed by atoms with Gasteiger partial charge in [-0.25, -0.2) is 9.59 Å². The first-order valence-corrected chi connectivity index (χ1v) is 12.3. The molecule has 2 aliphatic heterocycles. The van der Waals surface area contributed by atoms with Crippen LogP contribution < -0.4 is 21.5 Å². The molecule has 0 aromatic heterocycles. The van der Waals surface area contributed by atoms with Crippen molar-refractivity contribution < 1.29 is 28.8 Å². The van der Waals surface area contributed by atoms with Crippen LogP contribution in [0, 0.1) is 0 Å². The van der Waals surface area contributed by atoms with E-state index in [0.717, 1.165) is 38.5 Å². The molecule has 12 heteroatoms. The third-order valence-electron chi connectivity index (χ3n) is 7.57. The van der Waals surface area contributed by atoms with Crippen LogP contribution in [-0.2, 0) is 9.59 Å². The van der Waals surface area contributed by atoms with Gasteiger partial charge in [-0.3, -0.25) is 30.0 Å². The molecule has 36 heavy (non-hydrogen) atoms. The van der Waals surface area contributed by atoms with Crippen LogP contribution in [0.5, 0.6) is 0 Å². The van der Waals surface area contributed by atoms with Gasteiger partial charge in [0.05, 0.1) is 0 Å². The third kappa shape index (κ3) is 3.95. The molecule has 2 saturated carbocycles. The molecule has 0 bridgehead atoms. The Labute approximate surface area is 207 Å². The van der Waals surface area contributed by atoms with Gasteiger partial charge in [0.2, 0.25) is 0 Å². The minimum Gasteiger partial charge on any atom is -0.322 e. The number of hydrazine groups is 2. The highest BCUT2D eigenvalue weighted by atomic mass is 16.2. The predicted molar refractivity (Wildman–Crippen MR) is 124 cm³/mol. The fourth-order valence-electron chi connectivity index (χ4n) is 5.54. The van der Waals surface area contributed by atoms with Gasteiger partial charge < -0.3 is 10.6 Å². The van der Waals surface area contributed by atoms with E-state index in [1.807, 2.05) is 0 Å². The van der Waals surface area contributed by atoms with Gasteiger partial charge in [0.1, 0.15) is 11.1 Å². The molecule has 4 aliphatic rings. The summed E-state index contributed by atoms with van der Waals surface area (Å²) in [4.78, 5) is 75.8. The van der Waals surface area contributed by atoms with E-state index in [1.54, 1.807) is 0 Å². The largest absolute Gasteiger partial charge is 0.344 e. The van der Waals surface area contributed by atoms with Crippen LogP contribution >= 0.6 is 0 Å². The Bertz CT molecular complexity index is 1050. The molecule has 2 spiro atoms. The number of hydrogen-bond donors (Lipinski definition) is 4. The van der Waals surface area contributed by atoms with E-state index in [9.17, 15) is 28.8 Å². The second-order valence-electron chi connectivity index (χ2n) is 9.89. The van der Waals surface area contributed by atoms with E-state index in [-0.39, 0.29) is 11.1 Å². The Morgan fingerprint density at radius 1 is 0.611 bits per heavy atom. The SMILES string of the molecule is O=C(NN1C(=O)NC2(CCCCC2)C1=O)c1ccc(C(=O)NN2C(=O)NC3(CCCCC3)C2=O)cc1. The van der Waals surface area contributed by atoms with Crippen LogP contribution in [0.15, 0.2) is 24.3 Å². The number of urea groups is 2. The fourth-order valence-corrected chi connectivity index (χ4v) is 5.54. The zero-order chi connectivity index (χ0) is 25.5. The van der Waals surface area contributed by atoms with E-state index in [0.29, 0.717) is 35.7 Å². The number of nitrogens with zero attached hydrogens (tertiary/aromatic N) is 2. The number of rotatable bonds is 4. The molecule has 1 aromatic rings. The van der Waals surface area contributed by atoms with Gasteiger partial charge >= 0.3 is 12.1 Å². The Hall–Kier alpha value is -3.96. The number of amides is 8. The summed E-state index contributed by atoms with van der Waals surface area (Å²) < 4.78 is 0. The predicted octanol–water partition coefficient (Wildman–Crippen LogP) is 1.49. The minimum atomic E-state index is -0.958. The maximum absolute atomic E-state index is 12.8. The maximum Gasteiger partial charge on any atom is 0.344 e. The van der Waals surface area contributed by atoms with Gasteiger partial charge in [-0.2, -0.15) is 10.0 Å². The Balaban J connectivity index is 1.21. The molecule has 190 valence electrons. The van der Waals surface area contributed by atoms with Crippen molar-refractivity contribution >= 4 is 35.7 Å². The molecular weight excluding hydrogens is 468 g/mol. The molecule has 2 saturated heterocycles. The van der Waals surface area contributed by atoms with Gasteiger partial charge in [-0.1, -0.05) is 38.5 Å². The summed E-state index contributed by atoms with van der Waals surface area (Å²) in [5.74, 6) is -2.32. The van der Waals surface area contributed by atoms with Gasteiger partial charge in [-0.15, -0.1) is 0 Å². The lowest BCUT2D eigenvalue weighted by atomic mass is 9.82. The van der Waals surface area contributed by atoms with Crippen molar-refractivity contribution in [3.05, 3.63) is 35.4 Å². The molecule has 2 aliphatic carbocycles. The van der Waals surface area contributed by atoms with Crippen molar-refractivity contribution in [1.29, 1.82) is 0 Å². The van der Waals surface area contributed by atoms with Crippen LogP contribution in [0.25, 0.3) is 0 Å². The summed E-state index contributed by atoms with van der Waals surface area (Å²) in [6.07, 6.45) is 7.42. The second-order valence-corrected chi connectivity index (χ2v) is 9.89. The van der Waals surface area contributed by atoms with Crippen LogP contribution in [-0.4, -0.2) is 56.8 Å². The number of benzene rings is 1. The molecule has 8 amide bonds. The van der Waals surface area contributed by atoms with Crippen LogP contribution in [0.2, 0.25) is 0 Å². The number of imide groups is 2. The molecule has 4 N–H and O–H groups in total. The van der Waals surface area contributed by atoms with Gasteiger partial charge in [0, 0.05) is 11.1 Å². The lowest BCUT2D eigenvalue weighted by Gasteiger charge is -2.30. The van der Waals surface area contributed by atoms with E-state index < -0.39 is 46.8 Å². The molecule has 0 radical (unpaired) electrons. The van der Waals surface area contributed by atoms with E-state index >= 15 is 0 Å². The molecule has 1 aromatic carbocycles. The standard InChI is InChI=1S/C24H28N6O6/c31-17(27-29-19(33)23(25-21(29)35)11-3-1-4-12-23)15-7-9-16(10-8-15)18(32)28-30-20(34)24(26-22(30)36)13-5-2-6-14-24/h7-10H,1-6,11-14H2,(H,25,35)(H,26,36)(H,27,31)(H,28,32). The molecule has 0 atom stereocenters. The highest BCUT2D eigenvalue weighted by Gasteiger charge is 2.53. The van der Waals surface area contributed by atoms with E-state index in [1.165, 1.54) is 24.3 Å². The Morgan fingerprint density at radius 2 is 0.944 bits per heavy atom. The van der Waals surface area contributed by atoms with Crippen LogP contribution in [0.4, 0.5) is 9.59 Å². The van der Waals surface area contributed by atoms with Crippen molar-refractivity contribution in [2.24, 2.45) is 0 Å². The summed E-state index contributed by atoms with van der Waals surface area (Å²) in [6, 6.07) is 4.08. The van der Waals surface area contributed by atoms with Crippen LogP contribution in [0.3, 0.4) is 0 Å². The molecule has 4 fully saturated rings. The van der Waals surface area contributed by atoms with Gasteiger partial charge in [0.15, 0.2) is 0 Å². The number of nitrogens with one attached hydrogen (secondary N) is 4. The molecule has 12 nitrogen and oxygen atoms in total. The second kappa shape index (κ2) is 8.92. The fraction of sp³-hybridized carbons (Fsp3) is 0.500. The monoisotopic (exact) mass is 496 g/mol. The highest BCUT2D eigenvalue weighted by Crippen LogP contribution is 2.34. The first-order chi connectivity index (χ1) is 17.2. The summed E-state index contributed by atoms with van der Waals surface area (Å²) in [7, 11) is 0. The summed E-state index contributed by atoms with van der Waals surface area (Å²) in [6.45, 7) is 0. The van der Waals surface area contributed by atoms with Crippen LogP contribution in [0.1, 0.15) is 84.9 Å². The molecule has 0 unspecified atom stereocenters. The Kier molecular flexibility index (Phi) is 5.89. The molecule has 2 heterocycles. The van der Waals surface area contributed by atoms with Crippen molar-refractivity contribution in [2.75, 3.05) is 0 Å². The highest BCUT2D eigenvalue weighted by molar-refractivity contribution is 6.10. The summed E-state index contributed by atoms with van der Waals surface area (Å²) in [5.41, 5.74) is 3.01. The van der Waals surface area contributed by atoms with Crippen molar-refractivity contribution in [2.45, 2.75) is 75.3 Å². The van der Waals surface area contributed by atoms with Crippen molar-refractivity contribution in [1.82, 2.24) is 31.5 Å². The smallest absolute Gasteiger partial charge is 0.322 e. The van der Waals surface area contributed by atoms with Gasteiger partial charge in [-0.05, 0) is 49.9 Å². The average Bonchev–Trinajstić information content (AvgIpc) is 3.24. The third-order valence-corrected chi connectivity index (χ3v) is 7.57. The number of carbonyl (C=O) groups excluding carboxylic acids is 6. The van der Waals surface area contributed by atoms with Crippen molar-refractivity contribution in [3.8, 4) is 0 Å². The first-order valence-electron chi connectivity index (χ1n) is 12.3. The average molecular weight is 497 g/mol. The summed E-state index contributed by atoms with van der Waals surface area (Å²) >= 11 is 0. The lowest BCUT2D eigenvalue weighted by Crippen LogP contribution is -2.51. The minimum absolute atomic E-state index is 0.118. The normalized spacial score (nSPS) is 22.6. The zero-order valence-corrected chi connectivity index (χ0v) is 19.7. The van der Waals surface area contributed by atoms with Gasteiger partial charge in [0.25, 0.3) is 23.6 Å². The Morgan fingerprint density at radius 3 is 1.28 bits per heavy atom. The lowest BCUT2D eigenvalue weighted by molar-refractivity contribution is -0.134. The summed E-state index contributed by atoms with van der Waals surface area (Å²) in [5, 5.41) is 6.87. The van der Waals surface area contributed by atoms with E-state index in [2.05, 4.69) is 21.5 Å². The first kappa shape index (κ1) is 23.8. The topological polar surface area (TPSA) is 157 Å². The zero-order valence-electron chi connectivity index (χ0n) is 19.7. The molecular formula is C24H28N6O6. The number of hydrogen-bond acceptors (Lipinski definition) is 6. The number of carbonyl (C=O) groups is 6. The maximum atomic E-state index is 12.8. The van der Waals surface area contributed by atoms with Crippen molar-refractivity contribution in [3.63, 3.8) is 0 Å². The van der Waals surface area contributed by atoms with E-state index in [4.69, 9.17) is 0 Å². The quantitative estimate of drug-likeness (QED) is 0.463.